The number of esters is 1. The van der Waals surface area contributed by atoms with Gasteiger partial charge in [0.05, 0.1) is 12.7 Å². The van der Waals surface area contributed by atoms with Crippen LogP contribution in [0.2, 0.25) is 0 Å². The van der Waals surface area contributed by atoms with Gasteiger partial charge in [-0.2, -0.15) is 0 Å². The zero-order valence-corrected chi connectivity index (χ0v) is 17.4. The van der Waals surface area contributed by atoms with E-state index in [0.717, 1.165) is 19.3 Å². The number of likely N-dealkylation sites (tertiary alicyclic amines) is 1. The molecule has 0 aromatic rings. The molecular weight excluding hydrogens is 374 g/mol. The molecule has 4 atom stereocenters. The Labute approximate surface area is 172 Å². The summed E-state index contributed by atoms with van der Waals surface area (Å²) in [5, 5.41) is 12.9. The Hall–Kier alpha value is -2.35. The number of nitrogens with one attached hydrogen (secondary N) is 1. The first kappa shape index (κ1) is 22.9. The lowest BCUT2D eigenvalue weighted by atomic mass is 10.1. The zero-order chi connectivity index (χ0) is 21.6. The predicted molar refractivity (Wildman–Crippen MR) is 109 cm³/mol. The van der Waals surface area contributed by atoms with Crippen molar-refractivity contribution >= 4 is 17.9 Å². The van der Waals surface area contributed by atoms with E-state index in [1.54, 1.807) is 24.9 Å². The van der Waals surface area contributed by atoms with E-state index in [1.807, 2.05) is 6.08 Å². The minimum absolute atomic E-state index is 0.0885. The van der Waals surface area contributed by atoms with E-state index in [-0.39, 0.29) is 31.5 Å². The molecule has 8 nitrogen and oxygen atoms in total. The van der Waals surface area contributed by atoms with Crippen LogP contribution in [0, 0.1) is 5.92 Å². The standard InChI is InChI=1S/C21H33N3O5/c1-5-8-9-10-11-23(4)20(28)24-14-16(25)12-17(24)18(26)22-21(13-15(21)6-2)19(27)29-7-3/h5-6,15-17,25H,1-2,7-14H2,3-4H3,(H,22,26)/t15-,16+,17+,21-/m1/s1. The summed E-state index contributed by atoms with van der Waals surface area (Å²) in [6.45, 7) is 9.95. The average Bonchev–Trinajstić information content (AvgIpc) is 3.27. The van der Waals surface area contributed by atoms with Crippen LogP contribution < -0.4 is 5.32 Å². The number of hydrogen-bond donors (Lipinski definition) is 2. The summed E-state index contributed by atoms with van der Waals surface area (Å²) in [6.07, 6.45) is 5.89. The van der Waals surface area contributed by atoms with Crippen molar-refractivity contribution < 1.29 is 24.2 Å². The van der Waals surface area contributed by atoms with Crippen molar-refractivity contribution in [2.45, 2.75) is 56.7 Å². The van der Waals surface area contributed by atoms with E-state index >= 15 is 0 Å². The van der Waals surface area contributed by atoms with Gasteiger partial charge in [0.1, 0.15) is 11.6 Å². The normalized spacial score (nSPS) is 27.8. The number of carbonyl (C=O) groups excluding carboxylic acids is 3. The van der Waals surface area contributed by atoms with Crippen molar-refractivity contribution in [2.75, 3.05) is 26.7 Å². The van der Waals surface area contributed by atoms with Gasteiger partial charge in [0.15, 0.2) is 0 Å². The molecule has 1 aliphatic carbocycles. The molecule has 2 rings (SSSR count). The van der Waals surface area contributed by atoms with Gasteiger partial charge >= 0.3 is 12.0 Å². The second-order valence-corrected chi connectivity index (χ2v) is 7.77. The summed E-state index contributed by atoms with van der Waals surface area (Å²) in [6, 6.07) is -1.13. The molecule has 2 fully saturated rings. The first-order chi connectivity index (χ1) is 13.8. The van der Waals surface area contributed by atoms with E-state index in [2.05, 4.69) is 18.5 Å². The van der Waals surface area contributed by atoms with Crippen LogP contribution in [0.15, 0.2) is 25.3 Å². The number of aliphatic hydroxyl groups excluding tert-OH is 1. The number of ether oxygens (including phenoxy) is 1. The van der Waals surface area contributed by atoms with E-state index in [4.69, 9.17) is 4.74 Å². The maximum Gasteiger partial charge on any atom is 0.332 e. The predicted octanol–water partition coefficient (Wildman–Crippen LogP) is 1.45. The lowest BCUT2D eigenvalue weighted by Crippen LogP contribution is -2.55. The molecule has 0 unspecified atom stereocenters. The van der Waals surface area contributed by atoms with Crippen molar-refractivity contribution in [3.63, 3.8) is 0 Å². The number of allylic oxidation sites excluding steroid dienone is 1. The van der Waals surface area contributed by atoms with Crippen LogP contribution >= 0.6 is 0 Å². The summed E-state index contributed by atoms with van der Waals surface area (Å²) in [7, 11) is 1.69. The van der Waals surface area contributed by atoms with Gasteiger partial charge in [-0.15, -0.1) is 13.2 Å². The van der Waals surface area contributed by atoms with Gasteiger partial charge in [-0.25, -0.2) is 9.59 Å². The maximum atomic E-state index is 13.0. The maximum absolute atomic E-state index is 13.0. The van der Waals surface area contributed by atoms with Gasteiger partial charge in [0.25, 0.3) is 0 Å². The van der Waals surface area contributed by atoms with Crippen molar-refractivity contribution in [3.05, 3.63) is 25.3 Å². The van der Waals surface area contributed by atoms with Crippen molar-refractivity contribution in [3.8, 4) is 0 Å². The number of unbranched alkanes of at least 4 members (excludes halogenated alkanes) is 2. The van der Waals surface area contributed by atoms with Gasteiger partial charge in [0.2, 0.25) is 5.91 Å². The fraction of sp³-hybridized carbons (Fsp3) is 0.667. The Morgan fingerprint density at radius 3 is 2.66 bits per heavy atom. The summed E-state index contributed by atoms with van der Waals surface area (Å²) >= 11 is 0. The second kappa shape index (κ2) is 9.91. The van der Waals surface area contributed by atoms with Crippen molar-refractivity contribution in [1.29, 1.82) is 0 Å². The number of β-amino-alcohol motifs (C(OH)–C–C–N with tert-alkyl or cyclic N) is 1. The molecule has 162 valence electrons. The van der Waals surface area contributed by atoms with Crippen LogP contribution in [0.5, 0.6) is 0 Å². The topological polar surface area (TPSA) is 99.2 Å². The Morgan fingerprint density at radius 1 is 1.34 bits per heavy atom. The third-order valence-electron chi connectivity index (χ3n) is 5.59. The summed E-state index contributed by atoms with van der Waals surface area (Å²) < 4.78 is 5.12. The average molecular weight is 408 g/mol. The largest absolute Gasteiger partial charge is 0.464 e. The third kappa shape index (κ3) is 5.18. The Bertz CT molecular complexity index is 652. The van der Waals surface area contributed by atoms with Crippen LogP contribution in [-0.2, 0) is 14.3 Å². The van der Waals surface area contributed by atoms with Crippen LogP contribution in [0.3, 0.4) is 0 Å². The molecular formula is C21H33N3O5. The highest BCUT2D eigenvalue weighted by Crippen LogP contribution is 2.45. The molecule has 3 amide bonds. The quantitative estimate of drug-likeness (QED) is 0.324. The first-order valence-electron chi connectivity index (χ1n) is 10.2. The number of nitrogens with zero attached hydrogens (tertiary/aromatic N) is 2. The number of carbonyl (C=O) groups is 3. The lowest BCUT2D eigenvalue weighted by Gasteiger charge is -2.30. The van der Waals surface area contributed by atoms with E-state index < -0.39 is 29.6 Å². The van der Waals surface area contributed by atoms with Gasteiger partial charge in [-0.3, -0.25) is 4.79 Å². The highest BCUT2D eigenvalue weighted by molar-refractivity contribution is 5.95. The molecule has 0 aromatic heterocycles. The molecule has 0 aromatic carbocycles. The second-order valence-electron chi connectivity index (χ2n) is 7.77. The smallest absolute Gasteiger partial charge is 0.332 e. The minimum Gasteiger partial charge on any atom is -0.464 e. The summed E-state index contributed by atoms with van der Waals surface area (Å²) in [5.41, 5.74) is -1.12. The van der Waals surface area contributed by atoms with Gasteiger partial charge in [0, 0.05) is 32.5 Å². The van der Waals surface area contributed by atoms with Crippen LogP contribution in [0.1, 0.15) is 39.0 Å². The molecule has 1 heterocycles. The fourth-order valence-corrected chi connectivity index (χ4v) is 3.79. The molecule has 0 bridgehead atoms. The summed E-state index contributed by atoms with van der Waals surface area (Å²) in [5.74, 6) is -1.14. The Balaban J connectivity index is 2.04. The zero-order valence-electron chi connectivity index (χ0n) is 17.4. The molecule has 8 heteroatoms. The van der Waals surface area contributed by atoms with Crippen molar-refractivity contribution in [1.82, 2.24) is 15.1 Å². The van der Waals surface area contributed by atoms with Gasteiger partial charge < -0.3 is 25.0 Å². The van der Waals surface area contributed by atoms with Crippen LogP contribution in [0.25, 0.3) is 0 Å². The van der Waals surface area contributed by atoms with Crippen LogP contribution in [0.4, 0.5) is 4.79 Å². The number of hydrogen-bond acceptors (Lipinski definition) is 5. The molecule has 2 N–H and O–H groups in total. The monoisotopic (exact) mass is 407 g/mol. The van der Waals surface area contributed by atoms with Gasteiger partial charge in [-0.05, 0) is 32.6 Å². The molecule has 1 aliphatic heterocycles. The number of rotatable bonds is 10. The van der Waals surface area contributed by atoms with E-state index in [1.165, 1.54) is 4.90 Å². The van der Waals surface area contributed by atoms with E-state index in [0.29, 0.717) is 13.0 Å². The highest BCUT2D eigenvalue weighted by atomic mass is 16.5. The molecule has 2 aliphatic rings. The number of urea groups is 1. The highest BCUT2D eigenvalue weighted by Gasteiger charge is 2.62. The molecule has 0 radical (unpaired) electrons. The number of amides is 3. The fourth-order valence-electron chi connectivity index (χ4n) is 3.79. The molecule has 0 spiro atoms. The Morgan fingerprint density at radius 2 is 2.07 bits per heavy atom. The first-order valence-corrected chi connectivity index (χ1v) is 10.2. The molecule has 1 saturated heterocycles. The lowest BCUT2D eigenvalue weighted by molar-refractivity contribution is -0.149. The van der Waals surface area contributed by atoms with Crippen molar-refractivity contribution in [2.24, 2.45) is 5.92 Å². The minimum atomic E-state index is -1.12. The third-order valence-corrected chi connectivity index (χ3v) is 5.59. The number of aliphatic hydroxyl groups is 1. The SMILES string of the molecule is C=CCCCCN(C)C(=O)N1C[C@@H](O)C[C@H]1C(=O)N[C@]1(C(=O)OCC)C[C@H]1C=C. The Kier molecular flexibility index (Phi) is 7.84. The summed E-state index contributed by atoms with van der Waals surface area (Å²) in [4.78, 5) is 41.1. The van der Waals surface area contributed by atoms with E-state index in [9.17, 15) is 19.5 Å². The van der Waals surface area contributed by atoms with Crippen LogP contribution in [-0.4, -0.2) is 77.2 Å². The van der Waals surface area contributed by atoms with Gasteiger partial charge in [-0.1, -0.05) is 12.2 Å². The molecule has 29 heavy (non-hydrogen) atoms. The molecule has 1 saturated carbocycles.